The Balaban J connectivity index is 2.15. The first kappa shape index (κ1) is 14.1. The minimum Gasteiger partial charge on any atom is -0.493 e. The van der Waals surface area contributed by atoms with Crippen LogP contribution in [0.15, 0.2) is 35.2 Å². The van der Waals surface area contributed by atoms with E-state index in [9.17, 15) is 4.79 Å². The highest BCUT2D eigenvalue weighted by Crippen LogP contribution is 2.29. The van der Waals surface area contributed by atoms with Crippen molar-refractivity contribution in [3.63, 3.8) is 0 Å². The number of benzene rings is 1. The molecule has 0 radical (unpaired) electrons. The fraction of sp³-hybridized carbons (Fsp3) is 0.143. The number of rotatable bonds is 6. The van der Waals surface area contributed by atoms with Gasteiger partial charge in [-0.2, -0.15) is 0 Å². The predicted molar refractivity (Wildman–Crippen MR) is 76.1 cm³/mol. The zero-order valence-electron chi connectivity index (χ0n) is 10.8. The zero-order chi connectivity index (χ0) is 14.4. The summed E-state index contributed by atoms with van der Waals surface area (Å²) in [5.41, 5.74) is 3.30. The van der Waals surface area contributed by atoms with E-state index in [0.717, 1.165) is 17.3 Å². The van der Waals surface area contributed by atoms with Crippen molar-refractivity contribution in [2.75, 3.05) is 7.11 Å². The van der Waals surface area contributed by atoms with Gasteiger partial charge in [0, 0.05) is 11.5 Å². The molecule has 0 aliphatic heterocycles. The first-order valence-electron chi connectivity index (χ1n) is 5.78. The molecule has 6 heteroatoms. The fourth-order valence-corrected chi connectivity index (χ4v) is 2.08. The quantitative estimate of drug-likeness (QED) is 0.829. The molecule has 0 bridgehead atoms. The molecule has 0 atom stereocenters. The van der Waals surface area contributed by atoms with Crippen LogP contribution in [-0.2, 0) is 11.4 Å². The van der Waals surface area contributed by atoms with Crippen molar-refractivity contribution < 1.29 is 19.4 Å². The van der Waals surface area contributed by atoms with Gasteiger partial charge in [-0.3, -0.25) is 0 Å². The second-order valence-corrected chi connectivity index (χ2v) is 4.57. The van der Waals surface area contributed by atoms with Gasteiger partial charge in [0.2, 0.25) is 0 Å². The Hall–Kier alpha value is -2.34. The van der Waals surface area contributed by atoms with E-state index in [4.69, 9.17) is 14.6 Å². The summed E-state index contributed by atoms with van der Waals surface area (Å²) in [5, 5.41) is 10.5. The monoisotopic (exact) mass is 291 g/mol. The lowest BCUT2D eigenvalue weighted by molar-refractivity contribution is -0.131. The van der Waals surface area contributed by atoms with Crippen molar-refractivity contribution in [2.45, 2.75) is 6.61 Å². The molecule has 2 aromatic rings. The second-order valence-electron chi connectivity index (χ2n) is 3.85. The highest BCUT2D eigenvalue weighted by molar-refractivity contribution is 7.07. The Morgan fingerprint density at radius 2 is 2.30 bits per heavy atom. The van der Waals surface area contributed by atoms with Gasteiger partial charge in [0.25, 0.3) is 0 Å². The molecular formula is C14H13NO4S. The van der Waals surface area contributed by atoms with Crippen LogP contribution in [0.2, 0.25) is 0 Å². The van der Waals surface area contributed by atoms with Crippen molar-refractivity contribution in [1.82, 2.24) is 4.98 Å². The number of carbonyl (C=O) groups is 1. The summed E-state index contributed by atoms with van der Waals surface area (Å²) in [7, 11) is 1.55. The maximum Gasteiger partial charge on any atom is 0.328 e. The van der Waals surface area contributed by atoms with Crippen LogP contribution in [0, 0.1) is 0 Å². The van der Waals surface area contributed by atoms with E-state index < -0.39 is 5.97 Å². The Labute approximate surface area is 120 Å². The third kappa shape index (κ3) is 3.83. The van der Waals surface area contributed by atoms with Gasteiger partial charge >= 0.3 is 5.97 Å². The normalized spacial score (nSPS) is 10.7. The van der Waals surface area contributed by atoms with Gasteiger partial charge in [-0.1, -0.05) is 6.07 Å². The summed E-state index contributed by atoms with van der Waals surface area (Å²) >= 11 is 1.50. The van der Waals surface area contributed by atoms with E-state index >= 15 is 0 Å². The SMILES string of the molecule is COc1ccc(/C=C/C(=O)O)cc1OCc1cscn1. The Morgan fingerprint density at radius 1 is 1.45 bits per heavy atom. The van der Waals surface area contributed by atoms with Crippen LogP contribution < -0.4 is 9.47 Å². The molecule has 1 aromatic heterocycles. The molecule has 1 N–H and O–H groups in total. The van der Waals surface area contributed by atoms with E-state index in [-0.39, 0.29) is 0 Å². The molecule has 104 valence electrons. The summed E-state index contributed by atoms with van der Waals surface area (Å²) < 4.78 is 10.9. The lowest BCUT2D eigenvalue weighted by Gasteiger charge is -2.10. The van der Waals surface area contributed by atoms with Gasteiger partial charge in [-0.05, 0) is 23.8 Å². The smallest absolute Gasteiger partial charge is 0.328 e. The molecule has 0 amide bonds. The topological polar surface area (TPSA) is 68.7 Å². The Bertz CT molecular complexity index is 608. The van der Waals surface area contributed by atoms with E-state index in [2.05, 4.69) is 4.98 Å². The molecule has 0 aliphatic carbocycles. The summed E-state index contributed by atoms with van der Waals surface area (Å²) in [6, 6.07) is 5.22. The number of methoxy groups -OCH3 is 1. The third-order valence-corrected chi connectivity index (χ3v) is 3.10. The highest BCUT2D eigenvalue weighted by atomic mass is 32.1. The average Bonchev–Trinajstić information content (AvgIpc) is 2.96. The Kier molecular flexibility index (Phi) is 4.73. The number of carboxylic acids is 1. The molecule has 0 saturated heterocycles. The lowest BCUT2D eigenvalue weighted by Crippen LogP contribution is -1.98. The van der Waals surface area contributed by atoms with Gasteiger partial charge in [0.05, 0.1) is 18.3 Å². The minimum atomic E-state index is -0.995. The maximum absolute atomic E-state index is 10.5. The van der Waals surface area contributed by atoms with Gasteiger partial charge in [-0.15, -0.1) is 11.3 Å². The van der Waals surface area contributed by atoms with Gasteiger partial charge < -0.3 is 14.6 Å². The van der Waals surface area contributed by atoms with Crippen molar-refractivity contribution >= 4 is 23.4 Å². The van der Waals surface area contributed by atoms with Crippen molar-refractivity contribution in [1.29, 1.82) is 0 Å². The predicted octanol–water partition coefficient (Wildman–Crippen LogP) is 2.83. The molecule has 0 unspecified atom stereocenters. The number of hydrogen-bond acceptors (Lipinski definition) is 5. The fourth-order valence-electron chi connectivity index (χ4n) is 1.54. The molecule has 1 heterocycles. The lowest BCUT2D eigenvalue weighted by atomic mass is 10.2. The molecule has 1 aromatic carbocycles. The van der Waals surface area contributed by atoms with E-state index in [0.29, 0.717) is 18.1 Å². The summed E-state index contributed by atoms with van der Waals surface area (Å²) in [6.45, 7) is 0.339. The number of nitrogens with zero attached hydrogens (tertiary/aromatic N) is 1. The van der Waals surface area contributed by atoms with Crippen molar-refractivity contribution in [3.8, 4) is 11.5 Å². The maximum atomic E-state index is 10.5. The van der Waals surface area contributed by atoms with Crippen LogP contribution in [0.5, 0.6) is 11.5 Å². The van der Waals surface area contributed by atoms with Crippen LogP contribution in [-0.4, -0.2) is 23.2 Å². The molecule has 0 saturated carbocycles. The van der Waals surface area contributed by atoms with Gasteiger partial charge in [0.15, 0.2) is 11.5 Å². The number of hydrogen-bond donors (Lipinski definition) is 1. The standard InChI is InChI=1S/C14H13NO4S/c1-18-12-4-2-10(3-5-14(16)17)6-13(12)19-7-11-8-20-9-15-11/h2-6,8-9H,7H2,1H3,(H,16,17)/b5-3+. The summed E-state index contributed by atoms with van der Waals surface area (Å²) in [6.07, 6.45) is 2.57. The second kappa shape index (κ2) is 6.72. The summed E-state index contributed by atoms with van der Waals surface area (Å²) in [4.78, 5) is 14.6. The van der Waals surface area contributed by atoms with Crippen LogP contribution in [0.3, 0.4) is 0 Å². The first-order chi connectivity index (χ1) is 9.69. The number of thiazole rings is 1. The largest absolute Gasteiger partial charge is 0.493 e. The number of carboxylic acid groups (broad SMARTS) is 1. The number of aliphatic carboxylic acids is 1. The zero-order valence-corrected chi connectivity index (χ0v) is 11.6. The van der Waals surface area contributed by atoms with Crippen molar-refractivity contribution in [3.05, 3.63) is 46.4 Å². The van der Waals surface area contributed by atoms with E-state index in [1.165, 1.54) is 17.4 Å². The van der Waals surface area contributed by atoms with Crippen molar-refractivity contribution in [2.24, 2.45) is 0 Å². The molecule has 5 nitrogen and oxygen atoms in total. The summed E-state index contributed by atoms with van der Waals surface area (Å²) in [5.74, 6) is 0.145. The average molecular weight is 291 g/mol. The van der Waals surface area contributed by atoms with Crippen LogP contribution in [0.25, 0.3) is 6.08 Å². The van der Waals surface area contributed by atoms with Crippen LogP contribution >= 0.6 is 11.3 Å². The van der Waals surface area contributed by atoms with Crippen LogP contribution in [0.1, 0.15) is 11.3 Å². The van der Waals surface area contributed by atoms with Gasteiger partial charge in [0.1, 0.15) is 6.61 Å². The molecule has 2 rings (SSSR count). The molecule has 0 fully saturated rings. The molecule has 0 spiro atoms. The Morgan fingerprint density at radius 3 is 2.95 bits per heavy atom. The number of ether oxygens (including phenoxy) is 2. The van der Waals surface area contributed by atoms with E-state index in [1.807, 2.05) is 5.38 Å². The highest BCUT2D eigenvalue weighted by Gasteiger charge is 2.06. The van der Waals surface area contributed by atoms with E-state index in [1.54, 1.807) is 30.8 Å². The third-order valence-electron chi connectivity index (χ3n) is 2.47. The van der Waals surface area contributed by atoms with Gasteiger partial charge in [-0.25, -0.2) is 9.78 Å². The molecular weight excluding hydrogens is 278 g/mol. The first-order valence-corrected chi connectivity index (χ1v) is 6.72. The minimum absolute atomic E-state index is 0.339. The van der Waals surface area contributed by atoms with Crippen LogP contribution in [0.4, 0.5) is 0 Å². The number of aromatic nitrogens is 1. The molecule has 0 aliphatic rings. The molecule has 20 heavy (non-hydrogen) atoms.